The monoisotopic (exact) mass is 271 g/mol. The van der Waals surface area contributed by atoms with Crippen molar-refractivity contribution in [3.05, 3.63) is 17.7 Å². The molecular weight excluding hydrogens is 249 g/mol. The van der Waals surface area contributed by atoms with Crippen molar-refractivity contribution in [2.45, 2.75) is 19.9 Å². The molecule has 0 aliphatic heterocycles. The zero-order valence-corrected chi connectivity index (χ0v) is 11.8. The topological polar surface area (TPSA) is 39.7 Å². The van der Waals surface area contributed by atoms with Gasteiger partial charge in [-0.2, -0.15) is 0 Å². The highest BCUT2D eigenvalue weighted by molar-refractivity contribution is 5.53. The van der Waals surface area contributed by atoms with Gasteiger partial charge in [-0.1, -0.05) is 6.92 Å². The molecule has 0 aromatic heterocycles. The molecule has 0 aliphatic carbocycles. The number of hydrogen-bond acceptors (Lipinski definition) is 4. The van der Waals surface area contributed by atoms with Gasteiger partial charge >= 0.3 is 0 Å². The minimum atomic E-state index is -0.400. The van der Waals surface area contributed by atoms with E-state index in [1.54, 1.807) is 14.2 Å². The van der Waals surface area contributed by atoms with Crippen LogP contribution in [0.15, 0.2) is 12.1 Å². The molecular formula is C14H22FNO3. The molecule has 4 nitrogen and oxygen atoms in total. The molecule has 1 N–H and O–H groups in total. The molecule has 0 saturated carbocycles. The highest BCUT2D eigenvalue weighted by Crippen LogP contribution is 2.38. The van der Waals surface area contributed by atoms with Gasteiger partial charge in [-0.3, -0.25) is 4.39 Å². The second kappa shape index (κ2) is 8.58. The Morgan fingerprint density at radius 1 is 1.16 bits per heavy atom. The van der Waals surface area contributed by atoms with Gasteiger partial charge in [0, 0.05) is 13.0 Å². The minimum Gasteiger partial charge on any atom is -0.493 e. The first-order chi connectivity index (χ1) is 9.26. The van der Waals surface area contributed by atoms with Crippen molar-refractivity contribution >= 4 is 0 Å². The van der Waals surface area contributed by atoms with Crippen molar-refractivity contribution in [1.29, 1.82) is 0 Å². The van der Waals surface area contributed by atoms with Crippen LogP contribution in [-0.4, -0.2) is 34.0 Å². The van der Waals surface area contributed by atoms with Crippen LogP contribution >= 0.6 is 0 Å². The molecule has 0 saturated heterocycles. The highest BCUT2D eigenvalue weighted by atomic mass is 19.1. The normalized spacial score (nSPS) is 10.3. The van der Waals surface area contributed by atoms with E-state index >= 15 is 0 Å². The van der Waals surface area contributed by atoms with E-state index in [0.29, 0.717) is 30.3 Å². The van der Waals surface area contributed by atoms with E-state index < -0.39 is 6.67 Å². The summed E-state index contributed by atoms with van der Waals surface area (Å²) in [6, 6.07) is 3.80. The lowest BCUT2D eigenvalue weighted by molar-refractivity contribution is 0.258. The van der Waals surface area contributed by atoms with Gasteiger partial charge in [0.2, 0.25) is 5.75 Å². The van der Waals surface area contributed by atoms with Crippen LogP contribution in [0.4, 0.5) is 4.39 Å². The number of benzene rings is 1. The average molecular weight is 271 g/mol. The maximum absolute atomic E-state index is 12.1. The summed E-state index contributed by atoms with van der Waals surface area (Å²) in [7, 11) is 3.15. The van der Waals surface area contributed by atoms with Crippen molar-refractivity contribution < 1.29 is 18.6 Å². The van der Waals surface area contributed by atoms with E-state index in [2.05, 4.69) is 5.32 Å². The number of methoxy groups -OCH3 is 2. The molecule has 1 aromatic rings. The van der Waals surface area contributed by atoms with Crippen LogP contribution in [-0.2, 0) is 6.54 Å². The number of hydrogen-bond donors (Lipinski definition) is 1. The number of ether oxygens (including phenoxy) is 3. The van der Waals surface area contributed by atoms with Gasteiger partial charge in [-0.15, -0.1) is 0 Å². The van der Waals surface area contributed by atoms with Gasteiger partial charge in [-0.25, -0.2) is 0 Å². The summed E-state index contributed by atoms with van der Waals surface area (Å²) in [5.41, 5.74) is 1.05. The Labute approximate surface area is 113 Å². The van der Waals surface area contributed by atoms with E-state index in [1.165, 1.54) is 0 Å². The Balaban J connectivity index is 2.93. The fourth-order valence-electron chi connectivity index (χ4n) is 1.68. The van der Waals surface area contributed by atoms with Gasteiger partial charge in [0.15, 0.2) is 11.5 Å². The van der Waals surface area contributed by atoms with Crippen molar-refractivity contribution in [3.8, 4) is 17.2 Å². The molecule has 0 bridgehead atoms. The van der Waals surface area contributed by atoms with E-state index in [4.69, 9.17) is 14.2 Å². The predicted octanol–water partition coefficient (Wildman–Crippen LogP) is 2.55. The van der Waals surface area contributed by atoms with Gasteiger partial charge < -0.3 is 19.5 Å². The summed E-state index contributed by atoms with van der Waals surface area (Å²) in [4.78, 5) is 0. The van der Waals surface area contributed by atoms with E-state index in [0.717, 1.165) is 18.7 Å². The van der Waals surface area contributed by atoms with Crippen molar-refractivity contribution in [2.24, 2.45) is 0 Å². The zero-order valence-electron chi connectivity index (χ0n) is 11.8. The van der Waals surface area contributed by atoms with Gasteiger partial charge in [-0.05, 0) is 24.2 Å². The summed E-state index contributed by atoms with van der Waals surface area (Å²) in [6.45, 7) is 3.56. The van der Waals surface area contributed by atoms with Crippen LogP contribution in [0, 0.1) is 0 Å². The summed E-state index contributed by atoms with van der Waals surface area (Å²) in [5, 5.41) is 3.24. The molecule has 0 fully saturated rings. The SMILES string of the molecule is CCNCc1cc(OC)c(OCCCF)c(OC)c1. The molecule has 0 spiro atoms. The average Bonchev–Trinajstić information content (AvgIpc) is 2.45. The second-order valence-corrected chi connectivity index (χ2v) is 4.00. The Kier molecular flexibility index (Phi) is 7.03. The van der Waals surface area contributed by atoms with Crippen molar-refractivity contribution in [1.82, 2.24) is 5.32 Å². The molecule has 1 rings (SSSR count). The molecule has 0 aliphatic rings. The third kappa shape index (κ3) is 4.59. The second-order valence-electron chi connectivity index (χ2n) is 4.00. The highest BCUT2D eigenvalue weighted by Gasteiger charge is 2.14. The lowest BCUT2D eigenvalue weighted by Gasteiger charge is -2.16. The molecule has 0 unspecified atom stereocenters. The zero-order chi connectivity index (χ0) is 14.1. The number of alkyl halides is 1. The van der Waals surface area contributed by atoms with Crippen molar-refractivity contribution in [3.63, 3.8) is 0 Å². The first-order valence-electron chi connectivity index (χ1n) is 6.41. The predicted molar refractivity (Wildman–Crippen MR) is 73.0 cm³/mol. The summed E-state index contributed by atoms with van der Waals surface area (Å²) in [6.07, 6.45) is 0.353. The smallest absolute Gasteiger partial charge is 0.203 e. The van der Waals surface area contributed by atoms with Crippen LogP contribution in [0.2, 0.25) is 0 Å². The number of halogens is 1. The molecule has 0 atom stereocenters. The van der Waals surface area contributed by atoms with E-state index in [-0.39, 0.29) is 0 Å². The molecule has 108 valence electrons. The van der Waals surface area contributed by atoms with E-state index in [9.17, 15) is 4.39 Å². The molecule has 5 heteroatoms. The Bertz CT molecular complexity index is 360. The third-order valence-corrected chi connectivity index (χ3v) is 2.62. The van der Waals surface area contributed by atoms with Gasteiger partial charge in [0.05, 0.1) is 27.5 Å². The van der Waals surface area contributed by atoms with Gasteiger partial charge in [0.1, 0.15) is 0 Å². The van der Waals surface area contributed by atoms with Gasteiger partial charge in [0.25, 0.3) is 0 Å². The first kappa shape index (κ1) is 15.6. The summed E-state index contributed by atoms with van der Waals surface area (Å²) in [5.74, 6) is 1.73. The lowest BCUT2D eigenvalue weighted by Crippen LogP contribution is -2.12. The Morgan fingerprint density at radius 2 is 1.79 bits per heavy atom. The van der Waals surface area contributed by atoms with Crippen LogP contribution in [0.1, 0.15) is 18.9 Å². The summed E-state index contributed by atoms with van der Waals surface area (Å²) >= 11 is 0. The Hall–Kier alpha value is -1.49. The molecule has 19 heavy (non-hydrogen) atoms. The summed E-state index contributed by atoms with van der Waals surface area (Å²) < 4.78 is 28.3. The molecule has 0 radical (unpaired) electrons. The largest absolute Gasteiger partial charge is 0.493 e. The molecule has 1 aromatic carbocycles. The van der Waals surface area contributed by atoms with Crippen LogP contribution in [0.3, 0.4) is 0 Å². The van der Waals surface area contributed by atoms with Crippen LogP contribution in [0.25, 0.3) is 0 Å². The fraction of sp³-hybridized carbons (Fsp3) is 0.571. The maximum atomic E-state index is 12.1. The number of nitrogens with one attached hydrogen (secondary N) is 1. The van der Waals surface area contributed by atoms with Crippen LogP contribution in [0.5, 0.6) is 17.2 Å². The standard InChI is InChI=1S/C14H22FNO3/c1-4-16-10-11-8-12(17-2)14(13(9-11)18-3)19-7-5-6-15/h8-9,16H,4-7,10H2,1-3H3. The quantitative estimate of drug-likeness (QED) is 0.701. The first-order valence-corrected chi connectivity index (χ1v) is 6.41. The Morgan fingerprint density at radius 3 is 2.26 bits per heavy atom. The number of rotatable bonds is 9. The van der Waals surface area contributed by atoms with Crippen LogP contribution < -0.4 is 19.5 Å². The minimum absolute atomic E-state index is 0.301. The van der Waals surface area contributed by atoms with E-state index in [1.807, 2.05) is 19.1 Å². The third-order valence-electron chi connectivity index (χ3n) is 2.62. The fourth-order valence-corrected chi connectivity index (χ4v) is 1.68. The lowest BCUT2D eigenvalue weighted by atomic mass is 10.1. The maximum Gasteiger partial charge on any atom is 0.203 e. The van der Waals surface area contributed by atoms with Crippen molar-refractivity contribution in [2.75, 3.05) is 34.0 Å². The molecule has 0 heterocycles. The molecule has 0 amide bonds.